The van der Waals surface area contributed by atoms with Crippen LogP contribution >= 0.6 is 0 Å². The molecule has 31 heavy (non-hydrogen) atoms. The molecule has 0 saturated carbocycles. The molecule has 2 aromatic rings. The van der Waals surface area contributed by atoms with Gasteiger partial charge in [0.2, 0.25) is 0 Å². The summed E-state index contributed by atoms with van der Waals surface area (Å²) in [7, 11) is 1.73. The average Bonchev–Trinajstić information content (AvgIpc) is 3.17. The summed E-state index contributed by atoms with van der Waals surface area (Å²) in [6, 6.07) is 8.69. The second kappa shape index (κ2) is 9.83. The summed E-state index contributed by atoms with van der Waals surface area (Å²) in [4.78, 5) is 19.9. The predicted octanol–water partition coefficient (Wildman–Crippen LogP) is 3.39. The van der Waals surface area contributed by atoms with Gasteiger partial charge < -0.3 is 19.1 Å². The van der Waals surface area contributed by atoms with Crippen molar-refractivity contribution in [3.63, 3.8) is 0 Å². The average molecular weight is 429 g/mol. The Morgan fingerprint density at radius 1 is 1.03 bits per heavy atom. The lowest BCUT2D eigenvalue weighted by Crippen LogP contribution is -2.47. The van der Waals surface area contributed by atoms with Crippen LogP contribution in [0.25, 0.3) is 0 Å². The van der Waals surface area contributed by atoms with E-state index >= 15 is 0 Å². The van der Waals surface area contributed by atoms with Gasteiger partial charge in [-0.2, -0.15) is 0 Å². The Hall–Kier alpha value is -2.38. The molecule has 1 atom stereocenters. The summed E-state index contributed by atoms with van der Waals surface area (Å²) in [6.45, 7) is 9.27. The summed E-state index contributed by atoms with van der Waals surface area (Å²) in [6.07, 6.45) is 3.76. The number of ether oxygens (including phenoxy) is 1. The van der Waals surface area contributed by atoms with E-state index in [0.717, 1.165) is 82.1 Å². The van der Waals surface area contributed by atoms with Gasteiger partial charge >= 0.3 is 0 Å². The number of anilines is 1. The van der Waals surface area contributed by atoms with Gasteiger partial charge in [-0.25, -0.2) is 4.39 Å². The number of carbonyl (C=O) groups excluding carboxylic acids is 1. The maximum Gasteiger partial charge on any atom is 0.255 e. The van der Waals surface area contributed by atoms with Crippen molar-refractivity contribution >= 4 is 11.6 Å². The van der Waals surface area contributed by atoms with E-state index < -0.39 is 0 Å². The molecule has 1 fully saturated rings. The van der Waals surface area contributed by atoms with Crippen LogP contribution in [0, 0.1) is 5.82 Å². The van der Waals surface area contributed by atoms with Crippen molar-refractivity contribution in [3.05, 3.63) is 53.6 Å². The molecule has 1 saturated heterocycles. The molecule has 0 bridgehead atoms. The Bertz CT molecular complexity index is 874. The SMILES string of the molecule is CCn1ccc2c1C(OC)CCN(CCCN1CCN(c3ccc(F)cc3)CC1)C2=O. The zero-order chi connectivity index (χ0) is 21.8. The maximum absolute atomic E-state index is 13.1. The fraction of sp³-hybridized carbons (Fsp3) is 0.542. The van der Waals surface area contributed by atoms with Crippen molar-refractivity contribution in [2.24, 2.45) is 0 Å². The van der Waals surface area contributed by atoms with Gasteiger partial charge in [-0.15, -0.1) is 0 Å². The summed E-state index contributed by atoms with van der Waals surface area (Å²) < 4.78 is 21.0. The Labute approximate surface area is 184 Å². The molecule has 0 spiro atoms. The first-order valence-corrected chi connectivity index (χ1v) is 11.3. The van der Waals surface area contributed by atoms with E-state index in [2.05, 4.69) is 21.3 Å². The highest BCUT2D eigenvalue weighted by Crippen LogP contribution is 2.30. The lowest BCUT2D eigenvalue weighted by Gasteiger charge is -2.36. The number of rotatable bonds is 7. The fourth-order valence-electron chi connectivity index (χ4n) is 4.79. The smallest absolute Gasteiger partial charge is 0.255 e. The molecule has 168 valence electrons. The van der Waals surface area contributed by atoms with E-state index in [9.17, 15) is 9.18 Å². The molecule has 2 aliphatic rings. The molecule has 1 unspecified atom stereocenters. The molecule has 1 amide bonds. The van der Waals surface area contributed by atoms with Gasteiger partial charge in [0.15, 0.2) is 0 Å². The van der Waals surface area contributed by atoms with Crippen LogP contribution in [0.5, 0.6) is 0 Å². The number of nitrogens with zero attached hydrogens (tertiary/aromatic N) is 4. The molecule has 4 rings (SSSR count). The fourth-order valence-corrected chi connectivity index (χ4v) is 4.79. The molecule has 0 radical (unpaired) electrons. The van der Waals surface area contributed by atoms with Gasteiger partial charge in [0.25, 0.3) is 5.91 Å². The highest BCUT2D eigenvalue weighted by atomic mass is 19.1. The quantitative estimate of drug-likeness (QED) is 0.678. The number of aromatic nitrogens is 1. The molecular weight excluding hydrogens is 395 g/mol. The summed E-state index contributed by atoms with van der Waals surface area (Å²) in [5, 5.41) is 0. The van der Waals surface area contributed by atoms with Crippen LogP contribution < -0.4 is 4.90 Å². The van der Waals surface area contributed by atoms with Crippen LogP contribution in [0.3, 0.4) is 0 Å². The van der Waals surface area contributed by atoms with Crippen LogP contribution in [-0.2, 0) is 11.3 Å². The molecule has 2 aliphatic heterocycles. The molecule has 0 aliphatic carbocycles. The molecule has 6 nitrogen and oxygen atoms in total. The molecule has 0 N–H and O–H groups in total. The zero-order valence-electron chi connectivity index (χ0n) is 18.6. The second-order valence-corrected chi connectivity index (χ2v) is 8.36. The first-order chi connectivity index (χ1) is 15.1. The summed E-state index contributed by atoms with van der Waals surface area (Å²) >= 11 is 0. The first-order valence-electron chi connectivity index (χ1n) is 11.3. The van der Waals surface area contributed by atoms with Gasteiger partial charge in [-0.3, -0.25) is 9.69 Å². The number of fused-ring (bicyclic) bond motifs is 1. The molecule has 7 heteroatoms. The standard InChI is InChI=1S/C24H33FN4O2/c1-3-27-13-9-21-23(27)22(31-2)10-14-29(24(21)30)12-4-11-26-15-17-28(18-16-26)20-7-5-19(25)6-8-20/h5-9,13,22H,3-4,10-12,14-18H2,1-2H3. The van der Waals surface area contributed by atoms with Crippen LogP contribution in [0.4, 0.5) is 10.1 Å². The third-order valence-electron chi connectivity index (χ3n) is 6.58. The van der Waals surface area contributed by atoms with Gasteiger partial charge in [0.05, 0.1) is 17.4 Å². The molecule has 3 heterocycles. The molecule has 1 aromatic carbocycles. The number of carbonyl (C=O) groups is 1. The van der Waals surface area contributed by atoms with Gasteiger partial charge in [0, 0.05) is 64.8 Å². The number of aryl methyl sites for hydroxylation is 1. The van der Waals surface area contributed by atoms with Crippen molar-refractivity contribution in [2.75, 3.05) is 57.8 Å². The lowest BCUT2D eigenvalue weighted by molar-refractivity contribution is 0.0687. The maximum atomic E-state index is 13.1. The minimum Gasteiger partial charge on any atom is -0.375 e. The van der Waals surface area contributed by atoms with Crippen molar-refractivity contribution in [1.29, 1.82) is 0 Å². The number of hydrogen-bond donors (Lipinski definition) is 0. The monoisotopic (exact) mass is 428 g/mol. The number of amides is 1. The first kappa shape index (κ1) is 21.8. The summed E-state index contributed by atoms with van der Waals surface area (Å²) in [5.41, 5.74) is 2.90. The van der Waals surface area contributed by atoms with E-state index in [-0.39, 0.29) is 17.8 Å². The van der Waals surface area contributed by atoms with E-state index in [1.54, 1.807) is 7.11 Å². The third-order valence-corrected chi connectivity index (χ3v) is 6.58. The van der Waals surface area contributed by atoms with E-state index in [4.69, 9.17) is 4.74 Å². The third kappa shape index (κ3) is 4.77. The Kier molecular flexibility index (Phi) is 6.92. The lowest BCUT2D eigenvalue weighted by atomic mass is 10.1. The number of hydrogen-bond acceptors (Lipinski definition) is 4. The van der Waals surface area contributed by atoms with Crippen LogP contribution in [0.2, 0.25) is 0 Å². The minimum atomic E-state index is -0.194. The van der Waals surface area contributed by atoms with Crippen molar-refractivity contribution in [1.82, 2.24) is 14.4 Å². The van der Waals surface area contributed by atoms with E-state index in [1.165, 1.54) is 12.1 Å². The van der Waals surface area contributed by atoms with E-state index in [0.29, 0.717) is 0 Å². The Morgan fingerprint density at radius 2 is 1.77 bits per heavy atom. The molecular formula is C24H33FN4O2. The second-order valence-electron chi connectivity index (χ2n) is 8.36. The molecule has 1 aromatic heterocycles. The number of methoxy groups -OCH3 is 1. The van der Waals surface area contributed by atoms with Crippen molar-refractivity contribution in [3.8, 4) is 0 Å². The van der Waals surface area contributed by atoms with Crippen molar-refractivity contribution in [2.45, 2.75) is 32.4 Å². The topological polar surface area (TPSA) is 41.0 Å². The van der Waals surface area contributed by atoms with Gasteiger partial charge in [0.1, 0.15) is 5.82 Å². The Balaban J connectivity index is 1.28. The van der Waals surface area contributed by atoms with Crippen LogP contribution in [0.1, 0.15) is 41.9 Å². The van der Waals surface area contributed by atoms with Crippen LogP contribution in [-0.4, -0.2) is 73.2 Å². The number of piperazine rings is 1. The van der Waals surface area contributed by atoms with Crippen molar-refractivity contribution < 1.29 is 13.9 Å². The summed E-state index contributed by atoms with van der Waals surface area (Å²) in [5.74, 6) is -0.0662. The number of halogens is 1. The Morgan fingerprint density at radius 3 is 2.45 bits per heavy atom. The predicted molar refractivity (Wildman–Crippen MR) is 120 cm³/mol. The van der Waals surface area contributed by atoms with Gasteiger partial charge in [-0.1, -0.05) is 0 Å². The normalized spacial score (nSPS) is 20.1. The zero-order valence-corrected chi connectivity index (χ0v) is 18.6. The van der Waals surface area contributed by atoms with Gasteiger partial charge in [-0.05, 0) is 56.6 Å². The highest BCUT2D eigenvalue weighted by Gasteiger charge is 2.30. The largest absolute Gasteiger partial charge is 0.375 e. The van der Waals surface area contributed by atoms with E-state index in [1.807, 2.05) is 29.3 Å². The highest BCUT2D eigenvalue weighted by molar-refractivity contribution is 5.96. The number of benzene rings is 1. The minimum absolute atomic E-state index is 0.0292. The van der Waals surface area contributed by atoms with Crippen LogP contribution in [0.15, 0.2) is 36.5 Å².